The maximum absolute atomic E-state index is 8.82. The molecule has 0 amide bonds. The van der Waals surface area contributed by atoms with Gasteiger partial charge in [-0.2, -0.15) is 0 Å². The van der Waals surface area contributed by atoms with Crippen molar-refractivity contribution in [3.63, 3.8) is 0 Å². The minimum Gasteiger partial charge on any atom is -0.396 e. The summed E-state index contributed by atoms with van der Waals surface area (Å²) in [6, 6.07) is 0. The Hall–Kier alpha value is -0.200. The molecule has 3 fully saturated rings. The summed E-state index contributed by atoms with van der Waals surface area (Å²) in [7, 11) is 0. The standard InChI is InChI=1S/C8H16O2.C6H10O3/c9-5-7-2-1-3-8(4-7)6-10;1(5-3-8-5)7-2-6-4-9-6/h7-10H,1-6H2;5-6H,1-4H2. The highest BCUT2D eigenvalue weighted by atomic mass is 16.6. The molecule has 3 aliphatic rings. The van der Waals surface area contributed by atoms with E-state index in [0.717, 1.165) is 45.7 Å². The SMILES string of the molecule is C(OCC1CO1)C1CO1.OCC1CCCC(CO)C1. The summed E-state index contributed by atoms with van der Waals surface area (Å²) in [5.41, 5.74) is 0. The van der Waals surface area contributed by atoms with E-state index in [4.69, 9.17) is 24.4 Å². The highest BCUT2D eigenvalue weighted by Gasteiger charge is 2.26. The number of aliphatic hydroxyl groups excluding tert-OH is 2. The summed E-state index contributed by atoms with van der Waals surface area (Å²) in [6.45, 7) is 3.86. The van der Waals surface area contributed by atoms with Crippen LogP contribution in [0.1, 0.15) is 25.7 Å². The van der Waals surface area contributed by atoms with Gasteiger partial charge in [0.25, 0.3) is 0 Å². The molecule has 2 N–H and O–H groups in total. The van der Waals surface area contributed by atoms with Crippen LogP contribution in [-0.2, 0) is 14.2 Å². The minimum atomic E-state index is 0.302. The Morgan fingerprint density at radius 1 is 0.895 bits per heavy atom. The zero-order valence-electron chi connectivity index (χ0n) is 11.5. The second kappa shape index (κ2) is 8.17. The molecule has 4 unspecified atom stereocenters. The topological polar surface area (TPSA) is 74.8 Å². The van der Waals surface area contributed by atoms with E-state index in [1.165, 1.54) is 6.42 Å². The zero-order chi connectivity index (χ0) is 13.5. The predicted molar refractivity (Wildman–Crippen MR) is 69.9 cm³/mol. The van der Waals surface area contributed by atoms with Crippen molar-refractivity contribution >= 4 is 0 Å². The van der Waals surface area contributed by atoms with Crippen molar-refractivity contribution in [2.75, 3.05) is 39.6 Å². The quantitative estimate of drug-likeness (QED) is 0.693. The van der Waals surface area contributed by atoms with Crippen molar-refractivity contribution in [2.45, 2.75) is 37.9 Å². The lowest BCUT2D eigenvalue weighted by Crippen LogP contribution is -2.20. The van der Waals surface area contributed by atoms with Gasteiger partial charge in [0.05, 0.1) is 26.4 Å². The molecule has 0 bridgehead atoms. The van der Waals surface area contributed by atoms with Gasteiger partial charge in [0, 0.05) is 13.2 Å². The summed E-state index contributed by atoms with van der Waals surface area (Å²) in [5.74, 6) is 0.928. The van der Waals surface area contributed by atoms with E-state index < -0.39 is 0 Å². The first-order valence-electron chi connectivity index (χ1n) is 7.34. The lowest BCUT2D eigenvalue weighted by molar-refractivity contribution is 0.102. The van der Waals surface area contributed by atoms with Gasteiger partial charge < -0.3 is 24.4 Å². The predicted octanol–water partition coefficient (Wildman–Crippen LogP) is 0.578. The third-order valence-electron chi connectivity index (χ3n) is 3.82. The highest BCUT2D eigenvalue weighted by Crippen LogP contribution is 2.27. The van der Waals surface area contributed by atoms with Crippen LogP contribution in [0.25, 0.3) is 0 Å². The van der Waals surface area contributed by atoms with E-state index >= 15 is 0 Å². The number of aliphatic hydroxyl groups is 2. The van der Waals surface area contributed by atoms with E-state index in [1.807, 2.05) is 0 Å². The highest BCUT2D eigenvalue weighted by molar-refractivity contribution is 4.72. The molecule has 1 aliphatic carbocycles. The van der Waals surface area contributed by atoms with Crippen molar-refractivity contribution in [3.8, 4) is 0 Å². The number of hydrogen-bond acceptors (Lipinski definition) is 5. The van der Waals surface area contributed by atoms with Crippen molar-refractivity contribution in [3.05, 3.63) is 0 Å². The number of epoxide rings is 2. The minimum absolute atomic E-state index is 0.302. The van der Waals surface area contributed by atoms with E-state index in [9.17, 15) is 0 Å². The van der Waals surface area contributed by atoms with Gasteiger partial charge in [-0.1, -0.05) is 6.42 Å². The number of rotatable bonds is 6. The Balaban J connectivity index is 0.000000141. The third-order valence-corrected chi connectivity index (χ3v) is 3.82. The van der Waals surface area contributed by atoms with Crippen LogP contribution in [0.5, 0.6) is 0 Å². The molecular formula is C14H26O5. The second-order valence-electron chi connectivity index (χ2n) is 5.71. The van der Waals surface area contributed by atoms with Crippen molar-refractivity contribution in [1.82, 2.24) is 0 Å². The van der Waals surface area contributed by atoms with Crippen LogP contribution < -0.4 is 0 Å². The Morgan fingerprint density at radius 2 is 1.37 bits per heavy atom. The van der Waals surface area contributed by atoms with Gasteiger partial charge in [-0.05, 0) is 31.1 Å². The first-order valence-corrected chi connectivity index (χ1v) is 7.34. The lowest BCUT2D eigenvalue weighted by Gasteiger charge is -2.26. The van der Waals surface area contributed by atoms with E-state index in [1.54, 1.807) is 0 Å². The largest absolute Gasteiger partial charge is 0.396 e. The monoisotopic (exact) mass is 274 g/mol. The molecule has 5 nitrogen and oxygen atoms in total. The molecule has 0 radical (unpaired) electrons. The normalized spacial score (nSPS) is 36.3. The molecule has 0 aromatic carbocycles. The summed E-state index contributed by atoms with van der Waals surface area (Å²) in [6.07, 6.45) is 5.27. The molecule has 0 aromatic rings. The van der Waals surface area contributed by atoms with E-state index in [-0.39, 0.29) is 0 Å². The van der Waals surface area contributed by atoms with Gasteiger partial charge in [0.2, 0.25) is 0 Å². The maximum Gasteiger partial charge on any atom is 0.104 e. The zero-order valence-corrected chi connectivity index (χ0v) is 11.5. The van der Waals surface area contributed by atoms with E-state index in [2.05, 4.69) is 0 Å². The Bertz CT molecular complexity index is 218. The fraction of sp³-hybridized carbons (Fsp3) is 1.00. The summed E-state index contributed by atoms with van der Waals surface area (Å²) >= 11 is 0. The second-order valence-corrected chi connectivity index (χ2v) is 5.71. The van der Waals surface area contributed by atoms with Gasteiger partial charge in [-0.3, -0.25) is 0 Å². The van der Waals surface area contributed by atoms with E-state index in [0.29, 0.717) is 37.3 Å². The fourth-order valence-corrected chi connectivity index (χ4v) is 2.39. The van der Waals surface area contributed by atoms with Crippen LogP contribution in [0.15, 0.2) is 0 Å². The summed E-state index contributed by atoms with van der Waals surface area (Å²) in [4.78, 5) is 0. The molecule has 2 heterocycles. The van der Waals surface area contributed by atoms with Crippen molar-refractivity contribution < 1.29 is 24.4 Å². The van der Waals surface area contributed by atoms with Crippen molar-refractivity contribution in [1.29, 1.82) is 0 Å². The molecule has 3 rings (SSSR count). The third kappa shape index (κ3) is 6.68. The summed E-state index contributed by atoms with van der Waals surface area (Å²) < 4.78 is 15.1. The molecule has 19 heavy (non-hydrogen) atoms. The van der Waals surface area contributed by atoms with Gasteiger partial charge in [-0.25, -0.2) is 0 Å². The molecule has 2 aliphatic heterocycles. The van der Waals surface area contributed by atoms with Crippen LogP contribution in [0.3, 0.4) is 0 Å². The van der Waals surface area contributed by atoms with Gasteiger partial charge in [0.15, 0.2) is 0 Å². The number of hydrogen-bond donors (Lipinski definition) is 2. The first-order chi connectivity index (χ1) is 9.31. The maximum atomic E-state index is 8.82. The van der Waals surface area contributed by atoms with Crippen molar-refractivity contribution in [2.24, 2.45) is 11.8 Å². The Kier molecular flexibility index (Phi) is 6.53. The molecule has 4 atom stereocenters. The van der Waals surface area contributed by atoms with Crippen LogP contribution in [-0.4, -0.2) is 62.1 Å². The van der Waals surface area contributed by atoms with Gasteiger partial charge >= 0.3 is 0 Å². The van der Waals surface area contributed by atoms with Crippen LogP contribution in [0.2, 0.25) is 0 Å². The molecule has 0 spiro atoms. The lowest BCUT2D eigenvalue weighted by atomic mass is 9.82. The fourth-order valence-electron chi connectivity index (χ4n) is 2.39. The van der Waals surface area contributed by atoms with Gasteiger partial charge in [-0.15, -0.1) is 0 Å². The summed E-state index contributed by atoms with van der Waals surface area (Å²) in [5, 5.41) is 17.6. The molecule has 0 aromatic heterocycles. The molecule has 2 saturated heterocycles. The van der Waals surface area contributed by atoms with Crippen LogP contribution in [0.4, 0.5) is 0 Å². The Morgan fingerprint density at radius 3 is 1.74 bits per heavy atom. The molecular weight excluding hydrogens is 248 g/mol. The average Bonchev–Trinajstić information content (AvgIpc) is 3.34. The van der Waals surface area contributed by atoms with Crippen LogP contribution in [0, 0.1) is 11.8 Å². The van der Waals surface area contributed by atoms with Gasteiger partial charge in [0.1, 0.15) is 12.2 Å². The first kappa shape index (κ1) is 15.2. The molecule has 1 saturated carbocycles. The molecule has 5 heteroatoms. The smallest absolute Gasteiger partial charge is 0.104 e. The van der Waals surface area contributed by atoms with Crippen LogP contribution >= 0.6 is 0 Å². The number of ether oxygens (including phenoxy) is 3. The average molecular weight is 274 g/mol. The molecule has 112 valence electrons. The Labute approximate surface area is 114 Å².